The van der Waals surface area contributed by atoms with E-state index in [1.165, 1.54) is 16.2 Å². The Kier molecular flexibility index (Phi) is 4.98. The molecule has 1 unspecified atom stereocenters. The molecule has 1 aliphatic rings. The molecule has 148 valence electrons. The average Bonchev–Trinajstić information content (AvgIpc) is 3.37. The third-order valence-electron chi connectivity index (χ3n) is 5.35. The lowest BCUT2D eigenvalue weighted by molar-refractivity contribution is 0.0294. The number of carbonyl (C=O) groups excluding carboxylic acids is 1. The van der Waals surface area contributed by atoms with Crippen LogP contribution in [-0.2, 0) is 0 Å². The van der Waals surface area contributed by atoms with Crippen LogP contribution >= 0.6 is 11.3 Å². The van der Waals surface area contributed by atoms with Crippen LogP contribution in [0, 0.1) is 0 Å². The first-order valence-electron chi connectivity index (χ1n) is 9.25. The summed E-state index contributed by atoms with van der Waals surface area (Å²) in [6.45, 7) is 0.520. The molecular weight excluding hydrogens is 384 g/mol. The van der Waals surface area contributed by atoms with Crippen molar-refractivity contribution in [1.82, 2.24) is 9.30 Å². The van der Waals surface area contributed by atoms with Crippen LogP contribution in [0.3, 0.4) is 0 Å². The fourth-order valence-electron chi connectivity index (χ4n) is 3.94. The predicted molar refractivity (Wildman–Crippen MR) is 117 cm³/mol. The van der Waals surface area contributed by atoms with Gasteiger partial charge in [0.1, 0.15) is 6.23 Å². The highest BCUT2D eigenvalue weighted by Crippen LogP contribution is 2.31. The number of aliphatic hydroxyl groups is 1. The molecule has 1 aromatic carbocycles. The van der Waals surface area contributed by atoms with E-state index >= 15 is 0 Å². The number of rotatable bonds is 2. The number of nitrogens with zero attached hydrogens (tertiary/aromatic N) is 2. The third kappa shape index (κ3) is 3.05. The zero-order valence-electron chi connectivity index (χ0n) is 15.0. The van der Waals surface area contributed by atoms with Gasteiger partial charge in [0.15, 0.2) is 0 Å². The van der Waals surface area contributed by atoms with Gasteiger partial charge in [0.2, 0.25) is 0 Å². The minimum absolute atomic E-state index is 0. The van der Waals surface area contributed by atoms with Crippen LogP contribution in [0.4, 0.5) is 0 Å². The van der Waals surface area contributed by atoms with Gasteiger partial charge in [-0.2, -0.15) is 0 Å². The van der Waals surface area contributed by atoms with Crippen molar-refractivity contribution in [2.24, 2.45) is 0 Å². The van der Waals surface area contributed by atoms with Crippen LogP contribution in [0.25, 0.3) is 26.7 Å². The molecule has 6 heteroatoms. The maximum absolute atomic E-state index is 13.4. The lowest BCUT2D eigenvalue weighted by Crippen LogP contribution is -2.36. The van der Waals surface area contributed by atoms with E-state index in [0.717, 1.165) is 22.1 Å². The Bertz CT molecular complexity index is 1260. The quantitative estimate of drug-likeness (QED) is 0.538. The molecule has 0 radical (unpaired) electrons. The molecule has 0 saturated carbocycles. The van der Waals surface area contributed by atoms with Crippen molar-refractivity contribution < 1.29 is 9.90 Å². The molecule has 4 aromatic rings. The van der Waals surface area contributed by atoms with Crippen LogP contribution in [0.5, 0.6) is 0 Å². The molecule has 1 saturated heterocycles. The summed E-state index contributed by atoms with van der Waals surface area (Å²) in [6, 6.07) is 14.9. The topological polar surface area (TPSA) is 62.0 Å². The van der Waals surface area contributed by atoms with Crippen molar-refractivity contribution >= 4 is 32.8 Å². The highest BCUT2D eigenvalue weighted by Gasteiger charge is 2.30. The first kappa shape index (κ1) is 19.4. The van der Waals surface area contributed by atoms with Gasteiger partial charge >= 0.3 is 0 Å². The van der Waals surface area contributed by atoms with Gasteiger partial charge in [-0.1, -0.05) is 37.8 Å². The Morgan fingerprint density at radius 1 is 1.14 bits per heavy atom. The van der Waals surface area contributed by atoms with E-state index in [1.54, 1.807) is 16.7 Å². The van der Waals surface area contributed by atoms with Crippen LogP contribution in [0.1, 0.15) is 30.6 Å². The second kappa shape index (κ2) is 7.46. The summed E-state index contributed by atoms with van der Waals surface area (Å²) < 4.78 is 2.47. The van der Waals surface area contributed by atoms with E-state index in [4.69, 9.17) is 0 Å². The van der Waals surface area contributed by atoms with Crippen molar-refractivity contribution in [3.63, 3.8) is 0 Å². The summed E-state index contributed by atoms with van der Waals surface area (Å²) in [5.41, 5.74) is 2.15. The van der Waals surface area contributed by atoms with Gasteiger partial charge in [0.05, 0.1) is 15.8 Å². The molecule has 0 spiro atoms. The monoisotopic (exact) mass is 406 g/mol. The van der Waals surface area contributed by atoms with E-state index in [2.05, 4.69) is 0 Å². The summed E-state index contributed by atoms with van der Waals surface area (Å²) in [5.74, 6) is -0.236. The smallest absolute Gasteiger partial charge is 0.263 e. The molecule has 29 heavy (non-hydrogen) atoms. The lowest BCUT2D eigenvalue weighted by atomic mass is 10.0. The minimum atomic E-state index is -0.776. The zero-order chi connectivity index (χ0) is 19.3. The number of fused-ring (bicyclic) bond motifs is 3. The fraction of sp³-hybridized carbons (Fsp3) is 0.217. The zero-order valence-corrected chi connectivity index (χ0v) is 15.9. The Labute approximate surface area is 172 Å². The number of thiophene rings is 1. The molecule has 0 bridgehead atoms. The highest BCUT2D eigenvalue weighted by atomic mass is 32.1. The molecule has 1 atom stereocenters. The van der Waals surface area contributed by atoms with Gasteiger partial charge in [-0.3, -0.25) is 14.0 Å². The van der Waals surface area contributed by atoms with Gasteiger partial charge in [-0.15, -0.1) is 11.3 Å². The predicted octanol–water partition coefficient (Wildman–Crippen LogP) is 4.37. The number of aromatic nitrogens is 1. The average molecular weight is 407 g/mol. The standard InChI is InChI=1S/C22H18N2O3S.CH4/c25-18-7-4-10-23(18)22(27)17-13-16(14-5-2-1-3-6-14)21(26)24-11-8-15-9-12-28-20(15)19(17)24;/h1-3,5-6,8-9,11-13,18,25H,4,7,10H2;1H4. The summed E-state index contributed by atoms with van der Waals surface area (Å²) in [5, 5.41) is 13.2. The van der Waals surface area contributed by atoms with Gasteiger partial charge < -0.3 is 10.0 Å². The molecule has 3 aromatic heterocycles. The van der Waals surface area contributed by atoms with Gasteiger partial charge in [0.25, 0.3) is 11.5 Å². The fourth-order valence-corrected chi connectivity index (χ4v) is 4.88. The normalized spacial score (nSPS) is 16.3. The molecule has 4 heterocycles. The van der Waals surface area contributed by atoms with E-state index in [0.29, 0.717) is 29.6 Å². The number of likely N-dealkylation sites (tertiary alicyclic amines) is 1. The van der Waals surface area contributed by atoms with E-state index in [9.17, 15) is 14.7 Å². The Morgan fingerprint density at radius 3 is 2.66 bits per heavy atom. The molecular formula is C23H22N2O3S. The Balaban J connectivity index is 0.00000205. The van der Waals surface area contributed by atoms with Crippen LogP contribution in [0.15, 0.2) is 64.9 Å². The largest absolute Gasteiger partial charge is 0.374 e. The lowest BCUT2D eigenvalue weighted by Gasteiger charge is -2.22. The summed E-state index contributed by atoms with van der Waals surface area (Å²) in [7, 11) is 0. The van der Waals surface area contributed by atoms with Crippen LogP contribution in [-0.4, -0.2) is 33.1 Å². The van der Waals surface area contributed by atoms with Gasteiger partial charge in [-0.05, 0) is 47.4 Å². The van der Waals surface area contributed by atoms with Crippen molar-refractivity contribution in [2.45, 2.75) is 26.5 Å². The maximum atomic E-state index is 13.4. The maximum Gasteiger partial charge on any atom is 0.263 e. The molecule has 1 aliphatic heterocycles. The molecule has 0 aliphatic carbocycles. The molecule has 1 fully saturated rings. The third-order valence-corrected chi connectivity index (χ3v) is 6.28. The van der Waals surface area contributed by atoms with Crippen molar-refractivity contribution in [1.29, 1.82) is 0 Å². The number of carbonyl (C=O) groups is 1. The molecule has 1 amide bonds. The number of aliphatic hydroxyl groups excluding tert-OH is 1. The van der Waals surface area contributed by atoms with Gasteiger partial charge in [0, 0.05) is 18.3 Å². The molecule has 5 nitrogen and oxygen atoms in total. The number of hydrogen-bond donors (Lipinski definition) is 1. The second-order valence-electron chi connectivity index (χ2n) is 7.00. The van der Waals surface area contributed by atoms with Crippen molar-refractivity contribution in [3.8, 4) is 11.1 Å². The molecule has 5 rings (SSSR count). The van der Waals surface area contributed by atoms with Crippen molar-refractivity contribution in [2.75, 3.05) is 6.54 Å². The SMILES string of the molecule is C.O=C(c1cc(-c2ccccc2)c(=O)n2ccc3ccsc3c12)N1CCCC1O. The van der Waals surface area contributed by atoms with E-state index < -0.39 is 6.23 Å². The first-order valence-corrected chi connectivity index (χ1v) is 10.1. The number of amides is 1. The second-order valence-corrected chi connectivity index (χ2v) is 7.92. The summed E-state index contributed by atoms with van der Waals surface area (Å²) in [6.07, 6.45) is 2.31. The minimum Gasteiger partial charge on any atom is -0.374 e. The summed E-state index contributed by atoms with van der Waals surface area (Å²) >= 11 is 1.51. The van der Waals surface area contributed by atoms with Gasteiger partial charge in [-0.25, -0.2) is 0 Å². The van der Waals surface area contributed by atoms with Crippen LogP contribution in [0.2, 0.25) is 0 Å². The van der Waals surface area contributed by atoms with Crippen molar-refractivity contribution in [3.05, 3.63) is 76.0 Å². The first-order chi connectivity index (χ1) is 13.6. The Hall–Kier alpha value is -2.96. The van der Waals surface area contributed by atoms with Crippen LogP contribution < -0.4 is 5.56 Å². The highest BCUT2D eigenvalue weighted by molar-refractivity contribution is 7.18. The van der Waals surface area contributed by atoms with E-state index in [-0.39, 0.29) is 18.9 Å². The number of benzene rings is 1. The van der Waals surface area contributed by atoms with E-state index in [1.807, 2.05) is 47.8 Å². The number of pyridine rings is 2. The number of hydrogen-bond acceptors (Lipinski definition) is 4. The molecule has 1 N–H and O–H groups in total. The Morgan fingerprint density at radius 2 is 1.93 bits per heavy atom. The summed E-state index contributed by atoms with van der Waals surface area (Å²) in [4.78, 5) is 28.1.